The summed E-state index contributed by atoms with van der Waals surface area (Å²) in [6.45, 7) is 1.26. The van der Waals surface area contributed by atoms with Gasteiger partial charge in [0, 0.05) is 12.0 Å². The number of nitrogens with zero attached hydrogens (tertiary/aromatic N) is 3. The molecule has 0 saturated carbocycles. The highest BCUT2D eigenvalue weighted by molar-refractivity contribution is 5.13. The molecule has 1 aromatic carbocycles. The summed E-state index contributed by atoms with van der Waals surface area (Å²) in [5.41, 5.74) is 9.42. The Morgan fingerprint density at radius 3 is 2.69 bits per heavy atom. The van der Waals surface area contributed by atoms with Crippen molar-refractivity contribution in [2.75, 3.05) is 20.3 Å². The van der Waals surface area contributed by atoms with Crippen molar-refractivity contribution >= 4 is 0 Å². The minimum Gasteiger partial charge on any atom is -0.384 e. The maximum atomic E-state index is 8.33. The average Bonchev–Trinajstić information content (AvgIpc) is 2.31. The lowest BCUT2D eigenvalue weighted by atomic mass is 10.2. The predicted octanol–water partition coefficient (Wildman–Crippen LogP) is 2.53. The Morgan fingerprint density at radius 1 is 1.31 bits per heavy atom. The van der Waals surface area contributed by atoms with Gasteiger partial charge in [0.25, 0.3) is 0 Å². The molecule has 0 amide bonds. The van der Waals surface area contributed by atoms with Gasteiger partial charge in [-0.3, -0.25) is 0 Å². The van der Waals surface area contributed by atoms with Crippen molar-refractivity contribution in [1.82, 2.24) is 0 Å². The van der Waals surface area contributed by atoms with Gasteiger partial charge in [0.1, 0.15) is 0 Å². The molecule has 16 heavy (non-hydrogen) atoms. The van der Waals surface area contributed by atoms with Crippen LogP contribution in [0.3, 0.4) is 0 Å². The number of benzene rings is 1. The summed E-state index contributed by atoms with van der Waals surface area (Å²) in [7, 11) is 1.57. The Bertz CT molecular complexity index is 336. The maximum Gasteiger partial charge on any atom is 0.0841 e. The molecule has 0 aliphatic heterocycles. The van der Waals surface area contributed by atoms with E-state index in [4.69, 9.17) is 15.0 Å². The fraction of sp³-hybridized carbons (Fsp3) is 0.455. The summed E-state index contributed by atoms with van der Waals surface area (Å²) < 4.78 is 10.4. The summed E-state index contributed by atoms with van der Waals surface area (Å²) in [5.74, 6) is 0. The Labute approximate surface area is 94.6 Å². The molecule has 0 aliphatic carbocycles. The van der Waals surface area contributed by atoms with Crippen LogP contribution in [0.5, 0.6) is 0 Å². The second-order valence-electron chi connectivity index (χ2n) is 3.31. The fourth-order valence-electron chi connectivity index (χ4n) is 1.27. The molecule has 0 radical (unpaired) electrons. The first-order valence-electron chi connectivity index (χ1n) is 5.01. The van der Waals surface area contributed by atoms with E-state index in [1.54, 1.807) is 7.11 Å². The van der Waals surface area contributed by atoms with Crippen LogP contribution in [0.25, 0.3) is 10.4 Å². The molecular weight excluding hydrogens is 206 g/mol. The molecule has 5 nitrogen and oxygen atoms in total. The topological polar surface area (TPSA) is 67.2 Å². The highest BCUT2D eigenvalue weighted by Crippen LogP contribution is 2.02. The molecule has 0 aliphatic rings. The maximum absolute atomic E-state index is 8.33. The Morgan fingerprint density at radius 2 is 2.06 bits per heavy atom. The van der Waals surface area contributed by atoms with E-state index in [9.17, 15) is 0 Å². The molecule has 1 rings (SSSR count). The highest BCUT2D eigenvalue weighted by atomic mass is 16.5. The molecule has 0 fully saturated rings. The van der Waals surface area contributed by atoms with E-state index in [1.165, 1.54) is 0 Å². The van der Waals surface area contributed by atoms with E-state index >= 15 is 0 Å². The standard InChI is InChI=1S/C11H15N3O2/c1-15-8-11(13-14-12)9-16-7-10-5-3-2-4-6-10/h2-6,11H,7-9H2,1H3/t11-/m1/s1. The lowest BCUT2D eigenvalue weighted by Crippen LogP contribution is -2.18. The quantitative estimate of drug-likeness (QED) is 0.403. The zero-order valence-electron chi connectivity index (χ0n) is 9.24. The van der Waals surface area contributed by atoms with E-state index < -0.39 is 0 Å². The highest BCUT2D eigenvalue weighted by Gasteiger charge is 2.05. The van der Waals surface area contributed by atoms with Crippen molar-refractivity contribution in [1.29, 1.82) is 0 Å². The van der Waals surface area contributed by atoms with Crippen LogP contribution in [0.2, 0.25) is 0 Å². The van der Waals surface area contributed by atoms with Crippen molar-refractivity contribution in [3.8, 4) is 0 Å². The molecule has 0 saturated heterocycles. The average molecular weight is 221 g/mol. The van der Waals surface area contributed by atoms with Gasteiger partial charge in [-0.05, 0) is 11.1 Å². The van der Waals surface area contributed by atoms with Crippen molar-refractivity contribution in [3.63, 3.8) is 0 Å². The van der Waals surface area contributed by atoms with Gasteiger partial charge in [0.15, 0.2) is 0 Å². The van der Waals surface area contributed by atoms with Gasteiger partial charge in [0.05, 0.1) is 25.9 Å². The Balaban J connectivity index is 2.30. The zero-order valence-corrected chi connectivity index (χ0v) is 9.24. The number of hydrogen-bond donors (Lipinski definition) is 0. The van der Waals surface area contributed by atoms with E-state index in [0.717, 1.165) is 5.56 Å². The predicted molar refractivity (Wildman–Crippen MR) is 60.9 cm³/mol. The molecule has 1 atom stereocenters. The van der Waals surface area contributed by atoms with Crippen LogP contribution in [0.1, 0.15) is 5.56 Å². The van der Waals surface area contributed by atoms with E-state index in [0.29, 0.717) is 19.8 Å². The molecule has 0 bridgehead atoms. The van der Waals surface area contributed by atoms with Crippen molar-refractivity contribution in [3.05, 3.63) is 46.3 Å². The minimum atomic E-state index is -0.265. The zero-order chi connectivity index (χ0) is 11.6. The normalized spacial score (nSPS) is 11.8. The molecule has 0 aromatic heterocycles. The van der Waals surface area contributed by atoms with Crippen LogP contribution in [0.15, 0.2) is 35.4 Å². The van der Waals surface area contributed by atoms with Gasteiger partial charge < -0.3 is 9.47 Å². The second kappa shape index (κ2) is 7.70. The first-order chi connectivity index (χ1) is 7.86. The molecule has 5 heteroatoms. The van der Waals surface area contributed by atoms with Gasteiger partial charge in [-0.2, -0.15) is 0 Å². The van der Waals surface area contributed by atoms with Gasteiger partial charge in [0.2, 0.25) is 0 Å². The fourth-order valence-corrected chi connectivity index (χ4v) is 1.27. The first kappa shape index (κ1) is 12.5. The third kappa shape index (κ3) is 4.79. The number of rotatable bonds is 7. The molecular formula is C11H15N3O2. The van der Waals surface area contributed by atoms with E-state index in [2.05, 4.69) is 10.0 Å². The van der Waals surface area contributed by atoms with Gasteiger partial charge in [-0.1, -0.05) is 35.4 Å². The monoisotopic (exact) mass is 221 g/mol. The van der Waals surface area contributed by atoms with Gasteiger partial charge in [-0.15, -0.1) is 0 Å². The Hall–Kier alpha value is -1.55. The molecule has 0 N–H and O–H groups in total. The van der Waals surface area contributed by atoms with Gasteiger partial charge >= 0.3 is 0 Å². The van der Waals surface area contributed by atoms with Crippen LogP contribution in [-0.4, -0.2) is 26.4 Å². The lowest BCUT2D eigenvalue weighted by molar-refractivity contribution is 0.0778. The molecule has 86 valence electrons. The number of ether oxygens (including phenoxy) is 2. The van der Waals surface area contributed by atoms with E-state index in [1.807, 2.05) is 30.3 Å². The second-order valence-corrected chi connectivity index (χ2v) is 3.31. The van der Waals surface area contributed by atoms with Crippen molar-refractivity contribution < 1.29 is 9.47 Å². The summed E-state index contributed by atoms with van der Waals surface area (Å²) in [6, 6.07) is 9.57. The van der Waals surface area contributed by atoms with E-state index in [-0.39, 0.29) is 6.04 Å². The summed E-state index contributed by atoms with van der Waals surface area (Å²) in [4.78, 5) is 2.75. The summed E-state index contributed by atoms with van der Waals surface area (Å²) in [6.07, 6.45) is 0. The molecule has 0 spiro atoms. The minimum absolute atomic E-state index is 0.265. The first-order valence-corrected chi connectivity index (χ1v) is 5.01. The summed E-state index contributed by atoms with van der Waals surface area (Å²) in [5, 5.41) is 3.58. The van der Waals surface area contributed by atoms with Crippen LogP contribution in [0.4, 0.5) is 0 Å². The van der Waals surface area contributed by atoms with Crippen LogP contribution < -0.4 is 0 Å². The van der Waals surface area contributed by atoms with Crippen molar-refractivity contribution in [2.45, 2.75) is 12.6 Å². The third-order valence-electron chi connectivity index (χ3n) is 2.00. The van der Waals surface area contributed by atoms with Crippen LogP contribution >= 0.6 is 0 Å². The number of hydrogen-bond acceptors (Lipinski definition) is 3. The molecule has 0 unspecified atom stereocenters. The third-order valence-corrected chi connectivity index (χ3v) is 2.00. The Kier molecular flexibility index (Phi) is 6.03. The lowest BCUT2D eigenvalue weighted by Gasteiger charge is -2.10. The number of methoxy groups -OCH3 is 1. The molecule has 1 aromatic rings. The smallest absolute Gasteiger partial charge is 0.0841 e. The summed E-state index contributed by atoms with van der Waals surface area (Å²) >= 11 is 0. The molecule has 0 heterocycles. The van der Waals surface area contributed by atoms with Gasteiger partial charge in [-0.25, -0.2) is 0 Å². The largest absolute Gasteiger partial charge is 0.384 e. The van der Waals surface area contributed by atoms with Crippen LogP contribution in [0, 0.1) is 0 Å². The number of azide groups is 1. The van der Waals surface area contributed by atoms with Crippen LogP contribution in [-0.2, 0) is 16.1 Å². The SMILES string of the molecule is COC[C@H](COCc1ccccc1)N=[N+]=[N-]. The van der Waals surface area contributed by atoms with Crippen molar-refractivity contribution in [2.24, 2.45) is 5.11 Å².